The molecule has 0 aromatic heterocycles. The molecule has 37 heavy (non-hydrogen) atoms. The number of halogens is 1. The van der Waals surface area contributed by atoms with Gasteiger partial charge in [0, 0.05) is 18.7 Å². The van der Waals surface area contributed by atoms with Crippen molar-refractivity contribution < 1.29 is 22.4 Å². The number of anilines is 1. The van der Waals surface area contributed by atoms with Gasteiger partial charge in [-0.05, 0) is 69.2 Å². The standard InChI is InChI=1S/C28H32FN3O4S/c1-5-30-28(34)22(4)31(18-23-11-9-10-14-26(23)29)27(33)19-32(24-16-20(2)15-21(3)17-24)37(35,36)25-12-7-6-8-13-25/h6-17,22H,5,18-19H2,1-4H3,(H,30,34)/t22-/m0/s1. The van der Waals surface area contributed by atoms with E-state index in [-0.39, 0.29) is 17.0 Å². The summed E-state index contributed by atoms with van der Waals surface area (Å²) in [7, 11) is -4.14. The SMILES string of the molecule is CCNC(=O)[C@H](C)N(Cc1ccccc1F)C(=O)CN(c1cc(C)cc(C)c1)S(=O)(=O)c1ccccc1. The molecule has 0 aliphatic carbocycles. The molecule has 3 aromatic carbocycles. The van der Waals surface area contributed by atoms with Crippen LogP contribution in [0.2, 0.25) is 0 Å². The summed E-state index contributed by atoms with van der Waals surface area (Å²) in [5.41, 5.74) is 2.20. The Kier molecular flexibility index (Phi) is 9.04. The number of carbonyl (C=O) groups is 2. The van der Waals surface area contributed by atoms with Gasteiger partial charge in [-0.3, -0.25) is 13.9 Å². The maximum absolute atomic E-state index is 14.5. The molecule has 7 nitrogen and oxygen atoms in total. The highest BCUT2D eigenvalue weighted by Crippen LogP contribution is 2.26. The lowest BCUT2D eigenvalue weighted by atomic mass is 10.1. The zero-order chi connectivity index (χ0) is 27.2. The zero-order valence-electron chi connectivity index (χ0n) is 21.4. The topological polar surface area (TPSA) is 86.8 Å². The number of sulfonamides is 1. The fraction of sp³-hybridized carbons (Fsp3) is 0.286. The second kappa shape index (κ2) is 12.0. The van der Waals surface area contributed by atoms with Gasteiger partial charge in [-0.1, -0.05) is 42.5 Å². The first-order valence-corrected chi connectivity index (χ1v) is 13.4. The van der Waals surface area contributed by atoms with Crippen molar-refractivity contribution in [3.05, 3.63) is 95.3 Å². The molecule has 2 amide bonds. The van der Waals surface area contributed by atoms with Gasteiger partial charge < -0.3 is 10.2 Å². The molecule has 0 spiro atoms. The number of nitrogens with zero attached hydrogens (tertiary/aromatic N) is 2. The summed E-state index contributed by atoms with van der Waals surface area (Å²) in [5, 5.41) is 2.68. The van der Waals surface area contributed by atoms with Crippen molar-refractivity contribution in [2.45, 2.75) is 45.2 Å². The predicted octanol–water partition coefficient (Wildman–Crippen LogP) is 4.19. The van der Waals surface area contributed by atoms with Crippen LogP contribution in [0.25, 0.3) is 0 Å². The van der Waals surface area contributed by atoms with Gasteiger partial charge in [0.05, 0.1) is 10.6 Å². The van der Waals surface area contributed by atoms with E-state index in [0.29, 0.717) is 12.2 Å². The summed E-state index contributed by atoms with van der Waals surface area (Å²) in [6.45, 7) is 6.55. The van der Waals surface area contributed by atoms with Crippen molar-refractivity contribution in [3.8, 4) is 0 Å². The lowest BCUT2D eigenvalue weighted by molar-refractivity contribution is -0.139. The molecule has 3 aromatic rings. The summed E-state index contributed by atoms with van der Waals surface area (Å²) < 4.78 is 43.0. The summed E-state index contributed by atoms with van der Waals surface area (Å²) in [6, 6.07) is 18.1. The van der Waals surface area contributed by atoms with Gasteiger partial charge in [-0.2, -0.15) is 0 Å². The van der Waals surface area contributed by atoms with E-state index < -0.39 is 40.2 Å². The first kappa shape index (κ1) is 27.9. The van der Waals surface area contributed by atoms with E-state index in [4.69, 9.17) is 0 Å². The van der Waals surface area contributed by atoms with Gasteiger partial charge in [-0.15, -0.1) is 0 Å². The van der Waals surface area contributed by atoms with Crippen LogP contribution in [0.3, 0.4) is 0 Å². The minimum absolute atomic E-state index is 0.0272. The molecule has 0 unspecified atom stereocenters. The third kappa shape index (κ3) is 6.74. The number of hydrogen-bond donors (Lipinski definition) is 1. The van der Waals surface area contributed by atoms with Crippen LogP contribution < -0.4 is 9.62 Å². The van der Waals surface area contributed by atoms with E-state index in [1.54, 1.807) is 43.3 Å². The van der Waals surface area contributed by atoms with Crippen LogP contribution in [0.5, 0.6) is 0 Å². The smallest absolute Gasteiger partial charge is 0.264 e. The summed E-state index contributed by atoms with van der Waals surface area (Å²) in [6.07, 6.45) is 0. The van der Waals surface area contributed by atoms with E-state index in [1.165, 1.54) is 42.2 Å². The Morgan fingerprint density at radius 1 is 0.946 bits per heavy atom. The van der Waals surface area contributed by atoms with Crippen LogP contribution in [0.1, 0.15) is 30.5 Å². The molecular formula is C28H32FN3O4S. The first-order chi connectivity index (χ1) is 17.5. The van der Waals surface area contributed by atoms with Crippen molar-refractivity contribution >= 4 is 27.5 Å². The fourth-order valence-corrected chi connectivity index (χ4v) is 5.48. The first-order valence-electron chi connectivity index (χ1n) is 12.0. The average molecular weight is 526 g/mol. The maximum Gasteiger partial charge on any atom is 0.264 e. The minimum Gasteiger partial charge on any atom is -0.355 e. The summed E-state index contributed by atoms with van der Waals surface area (Å²) in [5.74, 6) is -1.58. The number of likely N-dealkylation sites (N-methyl/N-ethyl adjacent to an activating group) is 1. The number of aryl methyl sites for hydroxylation is 2. The zero-order valence-corrected chi connectivity index (χ0v) is 22.3. The number of carbonyl (C=O) groups excluding carboxylic acids is 2. The molecule has 0 aliphatic rings. The Morgan fingerprint density at radius 2 is 1.54 bits per heavy atom. The van der Waals surface area contributed by atoms with Gasteiger partial charge in [0.2, 0.25) is 11.8 Å². The monoisotopic (exact) mass is 525 g/mol. The highest BCUT2D eigenvalue weighted by atomic mass is 32.2. The molecule has 0 radical (unpaired) electrons. The van der Waals surface area contributed by atoms with Crippen LogP contribution >= 0.6 is 0 Å². The van der Waals surface area contributed by atoms with E-state index in [0.717, 1.165) is 15.4 Å². The molecule has 0 saturated heterocycles. The van der Waals surface area contributed by atoms with Crippen molar-refractivity contribution in [1.29, 1.82) is 0 Å². The lowest BCUT2D eigenvalue weighted by Crippen LogP contribution is -2.51. The third-order valence-electron chi connectivity index (χ3n) is 5.92. The average Bonchev–Trinajstić information content (AvgIpc) is 2.86. The fourth-order valence-electron chi connectivity index (χ4n) is 4.06. The lowest BCUT2D eigenvalue weighted by Gasteiger charge is -2.32. The molecule has 0 fully saturated rings. The molecule has 0 aliphatic heterocycles. The number of amides is 2. The highest BCUT2D eigenvalue weighted by Gasteiger charge is 2.32. The molecular weight excluding hydrogens is 493 g/mol. The Balaban J connectivity index is 2.06. The Hall–Kier alpha value is -3.72. The molecule has 1 N–H and O–H groups in total. The second-order valence-corrected chi connectivity index (χ2v) is 10.7. The molecule has 0 saturated carbocycles. The largest absolute Gasteiger partial charge is 0.355 e. The second-order valence-electron chi connectivity index (χ2n) is 8.85. The predicted molar refractivity (Wildman–Crippen MR) is 142 cm³/mol. The van der Waals surface area contributed by atoms with Crippen molar-refractivity contribution in [3.63, 3.8) is 0 Å². The molecule has 1 atom stereocenters. The van der Waals surface area contributed by atoms with E-state index in [2.05, 4.69) is 5.32 Å². The van der Waals surface area contributed by atoms with E-state index in [9.17, 15) is 22.4 Å². The number of nitrogens with one attached hydrogen (secondary N) is 1. The molecule has 3 rings (SSSR count). The van der Waals surface area contributed by atoms with E-state index >= 15 is 0 Å². The number of rotatable bonds is 10. The Morgan fingerprint density at radius 3 is 2.14 bits per heavy atom. The number of hydrogen-bond acceptors (Lipinski definition) is 4. The minimum atomic E-state index is -4.14. The molecule has 9 heteroatoms. The van der Waals surface area contributed by atoms with Crippen LogP contribution in [-0.4, -0.2) is 44.3 Å². The van der Waals surface area contributed by atoms with Gasteiger partial charge in [0.25, 0.3) is 10.0 Å². The van der Waals surface area contributed by atoms with Crippen molar-refractivity contribution in [2.24, 2.45) is 0 Å². The van der Waals surface area contributed by atoms with Crippen LogP contribution in [-0.2, 0) is 26.2 Å². The number of benzene rings is 3. The summed E-state index contributed by atoms with van der Waals surface area (Å²) >= 11 is 0. The van der Waals surface area contributed by atoms with E-state index in [1.807, 2.05) is 19.9 Å². The Labute approximate surface area is 218 Å². The van der Waals surface area contributed by atoms with Gasteiger partial charge in [0.1, 0.15) is 18.4 Å². The van der Waals surface area contributed by atoms with Crippen molar-refractivity contribution in [1.82, 2.24) is 10.2 Å². The highest BCUT2D eigenvalue weighted by molar-refractivity contribution is 7.92. The third-order valence-corrected chi connectivity index (χ3v) is 7.71. The normalized spacial score (nSPS) is 12.0. The van der Waals surface area contributed by atoms with Crippen LogP contribution in [0, 0.1) is 19.7 Å². The van der Waals surface area contributed by atoms with Gasteiger partial charge >= 0.3 is 0 Å². The Bertz CT molecular complexity index is 1340. The maximum atomic E-state index is 14.5. The molecule has 0 bridgehead atoms. The van der Waals surface area contributed by atoms with Crippen molar-refractivity contribution in [2.75, 3.05) is 17.4 Å². The van der Waals surface area contributed by atoms with Crippen LogP contribution in [0.4, 0.5) is 10.1 Å². The van der Waals surface area contributed by atoms with Crippen LogP contribution in [0.15, 0.2) is 77.7 Å². The van der Waals surface area contributed by atoms with Gasteiger partial charge in [-0.25, -0.2) is 12.8 Å². The molecule has 0 heterocycles. The molecule has 196 valence electrons. The van der Waals surface area contributed by atoms with Gasteiger partial charge in [0.15, 0.2) is 0 Å². The quantitative estimate of drug-likeness (QED) is 0.430. The summed E-state index contributed by atoms with van der Waals surface area (Å²) in [4.78, 5) is 27.7.